The normalized spacial score (nSPS) is 18.4. The van der Waals surface area contributed by atoms with Crippen LogP contribution in [-0.2, 0) is 43.7 Å². The number of benzene rings is 6. The van der Waals surface area contributed by atoms with Crippen molar-refractivity contribution >= 4 is 36.0 Å². The molecule has 0 N–H and O–H groups in total. The summed E-state index contributed by atoms with van der Waals surface area (Å²) in [5, 5.41) is 0. The van der Waals surface area contributed by atoms with Crippen LogP contribution in [0.15, 0.2) is 139 Å². The zero-order valence-corrected chi connectivity index (χ0v) is 51.9. The number of carbonyl (C=O) groups excluding carboxylic acids is 4. The Kier molecular flexibility index (Phi) is 24.0. The fourth-order valence-electron chi connectivity index (χ4n) is 12.8. The van der Waals surface area contributed by atoms with E-state index in [-0.39, 0.29) is 35.7 Å². The number of aldehydes is 1. The second-order valence-electron chi connectivity index (χ2n) is 23.3. The summed E-state index contributed by atoms with van der Waals surface area (Å²) in [7, 11) is 9.65. The van der Waals surface area contributed by atoms with Crippen molar-refractivity contribution in [2.45, 2.75) is 90.3 Å². The van der Waals surface area contributed by atoms with Gasteiger partial charge in [-0.2, -0.15) is 0 Å². The molecule has 0 aromatic heterocycles. The minimum absolute atomic E-state index is 0. The number of hydrogen-bond acceptors (Lipinski definition) is 13. The maximum atomic E-state index is 12.9. The van der Waals surface area contributed by atoms with E-state index in [1.807, 2.05) is 36.4 Å². The number of nitrogens with zero attached hydrogens (tertiary/aromatic N) is 3. The molecule has 3 aliphatic carbocycles. The van der Waals surface area contributed by atoms with Gasteiger partial charge < -0.3 is 33.2 Å². The number of hydrogen-bond donors (Lipinski definition) is 0. The van der Waals surface area contributed by atoms with Crippen LogP contribution in [0.25, 0.3) is 0 Å². The van der Waals surface area contributed by atoms with Crippen molar-refractivity contribution in [2.24, 2.45) is 23.7 Å². The first kappa shape index (κ1) is 64.7. The molecule has 1 unspecified atom stereocenters. The molecule has 3 fully saturated rings. The third kappa shape index (κ3) is 16.8. The molecule has 12 rings (SSSR count). The number of carbonyl (C=O) groups is 4. The molecule has 13 nitrogen and oxygen atoms in total. The van der Waals surface area contributed by atoms with E-state index in [0.717, 1.165) is 149 Å². The average molecular weight is 1190 g/mol. The Morgan fingerprint density at radius 1 is 0.453 bits per heavy atom. The minimum atomic E-state index is 0. The van der Waals surface area contributed by atoms with E-state index in [0.29, 0.717) is 65.1 Å². The highest BCUT2D eigenvalue weighted by atomic mass is 35.5. The lowest BCUT2D eigenvalue weighted by Gasteiger charge is -2.32. The standard InChI is InChI=1S/C24H29NO3.C24H27NO3.C13H17NO.C11H12O3.ClH/c2*1-27-22-14-19-13-20(24(26)21(19)15-23(22)28-2)12-17-8-10-25(11-9-17)16-18-6-4-3-5-7-18;15-11-13-6-8-14(9-7-13)10-12-4-2-1-3-5-12;1-13-10-5-7-3-4-9(12)8(7)6-11(10)14-2;/h3-7,14-15,17,20H,8-13,16H2,1-2H3;3-7,12,14-15,17H,8-11,13,16H2,1-2H3;1-5,11,13H,6-10H2;5-6H,3-4H2,1-2H3;1H/b;20-12+;;;. The van der Waals surface area contributed by atoms with Crippen LogP contribution in [0.2, 0.25) is 0 Å². The van der Waals surface area contributed by atoms with Crippen molar-refractivity contribution in [2.75, 3.05) is 81.9 Å². The van der Waals surface area contributed by atoms with Crippen molar-refractivity contribution in [1.29, 1.82) is 0 Å². The Morgan fingerprint density at radius 2 is 0.849 bits per heavy atom. The van der Waals surface area contributed by atoms with Gasteiger partial charge in [-0.15, -0.1) is 12.4 Å². The van der Waals surface area contributed by atoms with Gasteiger partial charge in [0.25, 0.3) is 0 Å². The first-order valence-electron chi connectivity index (χ1n) is 30.3. The van der Waals surface area contributed by atoms with Crippen molar-refractivity contribution in [3.63, 3.8) is 0 Å². The van der Waals surface area contributed by atoms with Gasteiger partial charge in [0.2, 0.25) is 0 Å². The number of fused-ring (bicyclic) bond motifs is 3. The summed E-state index contributed by atoms with van der Waals surface area (Å²) in [6.45, 7) is 9.56. The molecule has 3 heterocycles. The molecule has 3 saturated heterocycles. The van der Waals surface area contributed by atoms with Crippen molar-refractivity contribution < 1.29 is 47.6 Å². The second-order valence-corrected chi connectivity index (χ2v) is 23.3. The number of rotatable bonds is 16. The topological polar surface area (TPSA) is 133 Å². The summed E-state index contributed by atoms with van der Waals surface area (Å²) in [5.41, 5.74) is 10.6. The number of allylic oxidation sites excluding steroid dienone is 2. The van der Waals surface area contributed by atoms with Crippen LogP contribution in [-0.4, -0.2) is 120 Å². The Bertz CT molecular complexity index is 3220. The molecular weight excluding hydrogens is 1100 g/mol. The van der Waals surface area contributed by atoms with Gasteiger partial charge in [0.15, 0.2) is 51.8 Å². The quantitative estimate of drug-likeness (QED) is 0.0673. The summed E-state index contributed by atoms with van der Waals surface area (Å²) < 4.78 is 31.8. The monoisotopic (exact) mass is 1190 g/mol. The fraction of sp³-hybridized carbons (Fsp3) is 0.417. The third-order valence-corrected chi connectivity index (χ3v) is 17.7. The molecule has 0 spiro atoms. The van der Waals surface area contributed by atoms with Crippen LogP contribution in [0.1, 0.15) is 116 Å². The molecule has 14 heteroatoms. The van der Waals surface area contributed by atoms with Gasteiger partial charge in [-0.05, 0) is 179 Å². The Hall–Kier alpha value is -7.29. The predicted octanol–water partition coefficient (Wildman–Crippen LogP) is 13.0. The van der Waals surface area contributed by atoms with Crippen LogP contribution in [0.4, 0.5) is 0 Å². The Morgan fingerprint density at radius 3 is 1.30 bits per heavy atom. The van der Waals surface area contributed by atoms with Crippen LogP contribution < -0.4 is 28.4 Å². The number of methoxy groups -OCH3 is 6. The summed E-state index contributed by atoms with van der Waals surface area (Å²) in [4.78, 5) is 55.3. The summed E-state index contributed by atoms with van der Waals surface area (Å²) in [5.74, 6) is 6.12. The van der Waals surface area contributed by atoms with E-state index in [1.54, 1.807) is 48.7 Å². The number of halogens is 1. The highest BCUT2D eigenvalue weighted by Gasteiger charge is 2.35. The molecule has 0 saturated carbocycles. The Balaban J connectivity index is 0.000000155. The first-order chi connectivity index (χ1) is 41.5. The van der Waals surface area contributed by atoms with E-state index >= 15 is 0 Å². The number of ketones is 3. The number of Topliss-reactive ketones (excluding diaryl/α,β-unsaturated/α-hetero) is 3. The SMILES string of the molecule is COc1cc2c(cc1OC)C(=O)/C(=C/C1CCN(Cc3ccccc3)CC1)C2.COc1cc2c(cc1OC)C(=O)C(CC1CCN(Cc3ccccc3)CC1)C2.COc1cc2c(cc1OC)C(=O)CC2.Cl.O=CC1CCN(Cc2ccccc2)CC1. The van der Waals surface area contributed by atoms with Crippen LogP contribution >= 0.6 is 12.4 Å². The minimum Gasteiger partial charge on any atom is -0.493 e. The zero-order chi connectivity index (χ0) is 59.7. The van der Waals surface area contributed by atoms with Crippen molar-refractivity contribution in [3.8, 4) is 34.5 Å². The molecule has 3 aliphatic heterocycles. The highest BCUT2D eigenvalue weighted by molar-refractivity contribution is 6.13. The average Bonchev–Trinajstić information content (AvgIpc) is 2.66. The van der Waals surface area contributed by atoms with E-state index < -0.39 is 0 Å². The number of likely N-dealkylation sites (tertiary alicyclic amines) is 3. The second kappa shape index (κ2) is 31.9. The largest absolute Gasteiger partial charge is 0.493 e. The highest BCUT2D eigenvalue weighted by Crippen LogP contribution is 2.41. The molecule has 0 radical (unpaired) electrons. The first-order valence-corrected chi connectivity index (χ1v) is 30.3. The van der Waals surface area contributed by atoms with Gasteiger partial charge in [-0.1, -0.05) is 97.1 Å². The van der Waals surface area contributed by atoms with Crippen LogP contribution in [0.5, 0.6) is 34.5 Å². The molecule has 6 aromatic carbocycles. The lowest BCUT2D eigenvalue weighted by atomic mass is 9.85. The molecular formula is C72H86ClN3O10. The van der Waals surface area contributed by atoms with E-state index in [2.05, 4.69) is 106 Å². The van der Waals surface area contributed by atoms with Gasteiger partial charge in [0, 0.05) is 66.6 Å². The smallest absolute Gasteiger partial charge is 0.189 e. The summed E-state index contributed by atoms with van der Waals surface area (Å²) in [6.07, 6.45) is 13.9. The maximum Gasteiger partial charge on any atom is 0.189 e. The number of ether oxygens (including phenoxy) is 6. The predicted molar refractivity (Wildman–Crippen MR) is 340 cm³/mol. The molecule has 0 bridgehead atoms. The molecule has 0 amide bonds. The molecule has 6 aliphatic rings. The summed E-state index contributed by atoms with van der Waals surface area (Å²) >= 11 is 0. The third-order valence-electron chi connectivity index (χ3n) is 17.7. The summed E-state index contributed by atoms with van der Waals surface area (Å²) in [6, 6.07) is 43.1. The number of aryl methyl sites for hydroxylation is 1. The van der Waals surface area contributed by atoms with E-state index in [9.17, 15) is 19.2 Å². The van der Waals surface area contributed by atoms with Crippen LogP contribution in [0, 0.1) is 23.7 Å². The van der Waals surface area contributed by atoms with E-state index in [1.165, 1.54) is 29.5 Å². The molecule has 1 atom stereocenters. The van der Waals surface area contributed by atoms with E-state index in [4.69, 9.17) is 28.4 Å². The molecule has 456 valence electrons. The fourth-order valence-corrected chi connectivity index (χ4v) is 12.8. The van der Waals surface area contributed by atoms with Crippen LogP contribution in [0.3, 0.4) is 0 Å². The molecule has 6 aromatic rings. The van der Waals surface area contributed by atoms with Crippen molar-refractivity contribution in [3.05, 3.63) is 189 Å². The van der Waals surface area contributed by atoms with Gasteiger partial charge in [-0.3, -0.25) is 29.1 Å². The number of piperidine rings is 3. The van der Waals surface area contributed by atoms with Crippen molar-refractivity contribution in [1.82, 2.24) is 14.7 Å². The van der Waals surface area contributed by atoms with Gasteiger partial charge >= 0.3 is 0 Å². The van der Waals surface area contributed by atoms with Gasteiger partial charge in [0.05, 0.1) is 42.7 Å². The van der Waals surface area contributed by atoms with Gasteiger partial charge in [0.1, 0.15) is 6.29 Å². The lowest BCUT2D eigenvalue weighted by Crippen LogP contribution is -2.34. The zero-order valence-electron chi connectivity index (χ0n) is 51.1. The lowest BCUT2D eigenvalue weighted by molar-refractivity contribution is -0.112. The maximum absolute atomic E-state index is 12.9. The van der Waals surface area contributed by atoms with Gasteiger partial charge in [-0.25, -0.2) is 0 Å². The molecule has 86 heavy (non-hydrogen) atoms. The Labute approximate surface area is 515 Å².